The van der Waals surface area contributed by atoms with Crippen molar-refractivity contribution < 1.29 is 4.79 Å². The zero-order valence-electron chi connectivity index (χ0n) is 14.4. The third-order valence-electron chi connectivity index (χ3n) is 4.13. The average Bonchev–Trinajstić information content (AvgIpc) is 2.64. The second-order valence-electron chi connectivity index (χ2n) is 5.98. The highest BCUT2D eigenvalue weighted by molar-refractivity contribution is 6.30. The van der Waals surface area contributed by atoms with E-state index in [1.807, 2.05) is 43.3 Å². The highest BCUT2D eigenvalue weighted by atomic mass is 35.5. The fraction of sp³-hybridized carbons (Fsp3) is 0.143. The largest absolute Gasteiger partial charge is 0.322 e. The minimum Gasteiger partial charge on any atom is -0.322 e. The molecule has 1 aromatic heterocycles. The predicted molar refractivity (Wildman–Crippen MR) is 105 cm³/mol. The summed E-state index contributed by atoms with van der Waals surface area (Å²) >= 11 is 6.00. The van der Waals surface area contributed by atoms with Crippen molar-refractivity contribution in [2.45, 2.75) is 19.9 Å². The molecule has 0 atom stereocenters. The van der Waals surface area contributed by atoms with E-state index in [0.29, 0.717) is 17.1 Å². The van der Waals surface area contributed by atoms with Crippen LogP contribution >= 0.6 is 11.6 Å². The number of carbonyl (C=O) groups excluding carboxylic acids is 1. The number of nitrogens with one attached hydrogen (secondary N) is 1. The number of aromatic nitrogens is 1. The van der Waals surface area contributed by atoms with E-state index in [0.717, 1.165) is 23.2 Å². The molecule has 1 N–H and O–H groups in total. The molecule has 1 heterocycles. The van der Waals surface area contributed by atoms with Crippen LogP contribution in [0.3, 0.4) is 0 Å². The minimum atomic E-state index is -0.245. The Bertz CT molecular complexity index is 995. The normalized spacial score (nSPS) is 10.5. The maximum Gasteiger partial charge on any atom is 0.257 e. The summed E-state index contributed by atoms with van der Waals surface area (Å²) in [6.45, 7) is 2.39. The van der Waals surface area contributed by atoms with E-state index in [2.05, 4.69) is 5.32 Å². The standard InChI is InChI=1S/C21H19ClN2O2/c1-2-16-7-3-4-9-19(16)23-21(26)17-10-11-20(25)24(14-17)13-15-6-5-8-18(22)12-15/h3-12,14H,2,13H2,1H3,(H,23,26). The van der Waals surface area contributed by atoms with Gasteiger partial charge in [0.1, 0.15) is 0 Å². The van der Waals surface area contributed by atoms with Crippen LogP contribution in [0.25, 0.3) is 0 Å². The Kier molecular flexibility index (Phi) is 5.54. The highest BCUT2D eigenvalue weighted by Crippen LogP contribution is 2.17. The van der Waals surface area contributed by atoms with Gasteiger partial charge in [0, 0.05) is 23.0 Å². The van der Waals surface area contributed by atoms with Gasteiger partial charge in [-0.2, -0.15) is 0 Å². The summed E-state index contributed by atoms with van der Waals surface area (Å²) in [5.41, 5.74) is 3.00. The van der Waals surface area contributed by atoms with Gasteiger partial charge in [0.05, 0.1) is 12.1 Å². The number of amides is 1. The van der Waals surface area contributed by atoms with Crippen molar-refractivity contribution in [1.82, 2.24) is 4.57 Å². The van der Waals surface area contributed by atoms with Gasteiger partial charge >= 0.3 is 0 Å². The molecule has 0 aliphatic rings. The van der Waals surface area contributed by atoms with Crippen molar-refractivity contribution in [3.8, 4) is 0 Å². The molecular formula is C21H19ClN2O2. The number of para-hydroxylation sites is 1. The van der Waals surface area contributed by atoms with Crippen molar-refractivity contribution in [3.05, 3.63) is 98.9 Å². The molecule has 3 aromatic rings. The predicted octanol–water partition coefficient (Wildman–Crippen LogP) is 4.36. The molecular weight excluding hydrogens is 348 g/mol. The van der Waals surface area contributed by atoms with Gasteiger partial charge < -0.3 is 9.88 Å². The lowest BCUT2D eigenvalue weighted by molar-refractivity contribution is 0.102. The molecule has 0 bridgehead atoms. The monoisotopic (exact) mass is 366 g/mol. The lowest BCUT2D eigenvalue weighted by Crippen LogP contribution is -2.22. The summed E-state index contributed by atoms with van der Waals surface area (Å²) in [5, 5.41) is 3.53. The van der Waals surface area contributed by atoms with Gasteiger partial charge in [0.15, 0.2) is 0 Å². The Morgan fingerprint density at radius 1 is 1.08 bits per heavy atom. The summed E-state index contributed by atoms with van der Waals surface area (Å²) < 4.78 is 1.51. The number of halogens is 1. The molecule has 4 nitrogen and oxygen atoms in total. The fourth-order valence-corrected chi connectivity index (χ4v) is 2.98. The quantitative estimate of drug-likeness (QED) is 0.729. The molecule has 0 radical (unpaired) electrons. The second kappa shape index (κ2) is 8.02. The van der Waals surface area contributed by atoms with Gasteiger partial charge in [-0.05, 0) is 41.8 Å². The van der Waals surface area contributed by atoms with Crippen LogP contribution in [-0.4, -0.2) is 10.5 Å². The zero-order chi connectivity index (χ0) is 18.5. The molecule has 0 aliphatic heterocycles. The van der Waals surface area contributed by atoms with Crippen LogP contribution in [0.4, 0.5) is 5.69 Å². The SMILES string of the molecule is CCc1ccccc1NC(=O)c1ccc(=O)n(Cc2cccc(Cl)c2)c1. The second-order valence-corrected chi connectivity index (χ2v) is 6.42. The van der Waals surface area contributed by atoms with Crippen molar-refractivity contribution in [1.29, 1.82) is 0 Å². The van der Waals surface area contributed by atoms with E-state index in [1.165, 1.54) is 10.6 Å². The van der Waals surface area contributed by atoms with Crippen LogP contribution in [0.2, 0.25) is 5.02 Å². The first kappa shape index (κ1) is 18.0. The van der Waals surface area contributed by atoms with E-state index in [1.54, 1.807) is 24.4 Å². The van der Waals surface area contributed by atoms with Crippen molar-refractivity contribution in [3.63, 3.8) is 0 Å². The smallest absolute Gasteiger partial charge is 0.257 e. The van der Waals surface area contributed by atoms with Crippen LogP contribution in [0.1, 0.15) is 28.4 Å². The van der Waals surface area contributed by atoms with Crippen LogP contribution in [0, 0.1) is 0 Å². The van der Waals surface area contributed by atoms with Gasteiger partial charge in [-0.1, -0.05) is 48.9 Å². The van der Waals surface area contributed by atoms with Gasteiger partial charge in [-0.3, -0.25) is 9.59 Å². The van der Waals surface area contributed by atoms with Crippen LogP contribution < -0.4 is 10.9 Å². The van der Waals surface area contributed by atoms with Gasteiger partial charge in [0.25, 0.3) is 11.5 Å². The lowest BCUT2D eigenvalue weighted by Gasteiger charge is -2.11. The Morgan fingerprint density at radius 3 is 2.65 bits per heavy atom. The van der Waals surface area contributed by atoms with Gasteiger partial charge in [0.2, 0.25) is 0 Å². The van der Waals surface area contributed by atoms with E-state index in [9.17, 15) is 9.59 Å². The van der Waals surface area contributed by atoms with E-state index in [-0.39, 0.29) is 11.5 Å². The summed E-state index contributed by atoms with van der Waals surface area (Å²) in [4.78, 5) is 24.7. The molecule has 26 heavy (non-hydrogen) atoms. The molecule has 2 aromatic carbocycles. The number of anilines is 1. The minimum absolute atomic E-state index is 0.171. The summed E-state index contributed by atoms with van der Waals surface area (Å²) in [6.07, 6.45) is 2.40. The van der Waals surface area contributed by atoms with E-state index < -0.39 is 0 Å². The maximum atomic E-state index is 12.6. The molecule has 1 amide bonds. The first-order valence-corrected chi connectivity index (χ1v) is 8.79. The first-order valence-electron chi connectivity index (χ1n) is 8.41. The number of pyridine rings is 1. The van der Waals surface area contributed by atoms with Crippen LogP contribution in [-0.2, 0) is 13.0 Å². The number of aryl methyl sites for hydroxylation is 1. The molecule has 0 unspecified atom stereocenters. The number of rotatable bonds is 5. The number of benzene rings is 2. The molecule has 0 aliphatic carbocycles. The molecule has 3 rings (SSSR count). The Morgan fingerprint density at radius 2 is 1.88 bits per heavy atom. The van der Waals surface area contributed by atoms with Crippen LogP contribution in [0.15, 0.2) is 71.7 Å². The third-order valence-corrected chi connectivity index (χ3v) is 4.37. The fourth-order valence-electron chi connectivity index (χ4n) is 2.77. The Labute approximate surface area is 157 Å². The molecule has 0 fully saturated rings. The van der Waals surface area contributed by atoms with Gasteiger partial charge in [-0.25, -0.2) is 0 Å². The summed E-state index contributed by atoms with van der Waals surface area (Å²) in [7, 11) is 0. The molecule has 132 valence electrons. The third kappa shape index (κ3) is 4.21. The number of hydrogen-bond donors (Lipinski definition) is 1. The molecule has 5 heteroatoms. The molecule has 0 spiro atoms. The number of hydrogen-bond acceptors (Lipinski definition) is 2. The van der Waals surface area contributed by atoms with E-state index >= 15 is 0 Å². The summed E-state index contributed by atoms with van der Waals surface area (Å²) in [5.74, 6) is -0.245. The van der Waals surface area contributed by atoms with E-state index in [4.69, 9.17) is 11.6 Å². The number of nitrogens with zero attached hydrogens (tertiary/aromatic N) is 1. The summed E-state index contributed by atoms with van der Waals surface area (Å²) in [6, 6.07) is 17.9. The van der Waals surface area contributed by atoms with Crippen molar-refractivity contribution in [2.75, 3.05) is 5.32 Å². The topological polar surface area (TPSA) is 51.1 Å². The molecule has 0 saturated carbocycles. The Balaban J connectivity index is 1.84. The van der Waals surface area contributed by atoms with Crippen molar-refractivity contribution in [2.24, 2.45) is 0 Å². The Hall–Kier alpha value is -2.85. The van der Waals surface area contributed by atoms with Crippen molar-refractivity contribution >= 4 is 23.2 Å². The average molecular weight is 367 g/mol. The molecule has 0 saturated heterocycles. The van der Waals surface area contributed by atoms with Crippen LogP contribution in [0.5, 0.6) is 0 Å². The highest BCUT2D eigenvalue weighted by Gasteiger charge is 2.10. The lowest BCUT2D eigenvalue weighted by atomic mass is 10.1. The number of carbonyl (C=O) groups is 1. The maximum absolute atomic E-state index is 12.6. The first-order chi connectivity index (χ1) is 12.6. The zero-order valence-corrected chi connectivity index (χ0v) is 15.2. The van der Waals surface area contributed by atoms with Gasteiger partial charge in [-0.15, -0.1) is 0 Å².